The van der Waals surface area contributed by atoms with Crippen molar-refractivity contribution >= 4 is 0 Å². The molecule has 1 fully saturated rings. The quantitative estimate of drug-likeness (QED) is 0.832. The van der Waals surface area contributed by atoms with Crippen LogP contribution in [0, 0.1) is 0 Å². The standard InChI is InChI=1S/C18H30N2O3/c1-14(2)20-9-8-19(13-16(20)7-10-21)12-15-11-17(22-3)5-6-18(15)23-4/h5-6,11,14,16,21H,7-10,12-13H2,1-4H3/t16-/m0/s1. The van der Waals surface area contributed by atoms with E-state index in [1.54, 1.807) is 14.2 Å². The highest BCUT2D eigenvalue weighted by molar-refractivity contribution is 5.40. The van der Waals surface area contributed by atoms with Crippen molar-refractivity contribution in [3.63, 3.8) is 0 Å². The van der Waals surface area contributed by atoms with Crippen LogP contribution in [0.15, 0.2) is 18.2 Å². The van der Waals surface area contributed by atoms with Gasteiger partial charge in [0.2, 0.25) is 0 Å². The summed E-state index contributed by atoms with van der Waals surface area (Å²) < 4.78 is 10.8. The molecule has 2 rings (SSSR count). The molecule has 1 saturated heterocycles. The Bertz CT molecular complexity index is 493. The molecule has 1 heterocycles. The molecule has 0 radical (unpaired) electrons. The van der Waals surface area contributed by atoms with E-state index in [0.717, 1.165) is 49.7 Å². The number of aliphatic hydroxyl groups excluding tert-OH is 1. The molecule has 5 heteroatoms. The zero-order chi connectivity index (χ0) is 16.8. The molecule has 0 unspecified atom stereocenters. The molecule has 0 aromatic heterocycles. The van der Waals surface area contributed by atoms with Crippen LogP contribution in [-0.2, 0) is 6.54 Å². The van der Waals surface area contributed by atoms with Gasteiger partial charge < -0.3 is 14.6 Å². The van der Waals surface area contributed by atoms with Crippen LogP contribution in [0.1, 0.15) is 25.8 Å². The van der Waals surface area contributed by atoms with Crippen molar-refractivity contribution in [3.8, 4) is 11.5 Å². The maximum Gasteiger partial charge on any atom is 0.123 e. The van der Waals surface area contributed by atoms with Crippen molar-refractivity contribution < 1.29 is 14.6 Å². The van der Waals surface area contributed by atoms with Gasteiger partial charge in [0.1, 0.15) is 11.5 Å². The van der Waals surface area contributed by atoms with Gasteiger partial charge in [-0.3, -0.25) is 9.80 Å². The van der Waals surface area contributed by atoms with Crippen molar-refractivity contribution in [2.75, 3.05) is 40.5 Å². The summed E-state index contributed by atoms with van der Waals surface area (Å²) in [6.07, 6.45) is 0.823. The SMILES string of the molecule is COc1ccc(OC)c(CN2CCN(C(C)C)[C@@H](CCO)C2)c1. The van der Waals surface area contributed by atoms with E-state index in [-0.39, 0.29) is 6.61 Å². The molecule has 1 aliphatic heterocycles. The zero-order valence-electron chi connectivity index (χ0n) is 14.8. The molecule has 0 saturated carbocycles. The van der Waals surface area contributed by atoms with Crippen LogP contribution < -0.4 is 9.47 Å². The summed E-state index contributed by atoms with van der Waals surface area (Å²) in [4.78, 5) is 4.94. The molecule has 1 atom stereocenters. The third-order valence-corrected chi connectivity index (χ3v) is 4.62. The predicted octanol–water partition coefficient (Wildman–Crippen LogP) is 1.98. The highest BCUT2D eigenvalue weighted by Crippen LogP contribution is 2.26. The molecule has 5 nitrogen and oxygen atoms in total. The summed E-state index contributed by atoms with van der Waals surface area (Å²) in [5.74, 6) is 1.75. The third kappa shape index (κ3) is 4.59. The van der Waals surface area contributed by atoms with Crippen molar-refractivity contribution in [1.29, 1.82) is 0 Å². The fourth-order valence-electron chi connectivity index (χ4n) is 3.41. The maximum absolute atomic E-state index is 9.36. The normalized spacial score (nSPS) is 20.0. The smallest absolute Gasteiger partial charge is 0.123 e. The number of ether oxygens (including phenoxy) is 2. The summed E-state index contributed by atoms with van der Waals surface area (Å²) in [7, 11) is 3.39. The lowest BCUT2D eigenvalue weighted by Crippen LogP contribution is -2.55. The predicted molar refractivity (Wildman–Crippen MR) is 92.2 cm³/mol. The molecule has 0 aliphatic carbocycles. The Morgan fingerprint density at radius 2 is 2.00 bits per heavy atom. The summed E-state index contributed by atoms with van der Waals surface area (Å²) in [5.41, 5.74) is 1.15. The van der Waals surface area contributed by atoms with E-state index < -0.39 is 0 Å². The summed E-state index contributed by atoms with van der Waals surface area (Å²) in [6.45, 7) is 8.57. The number of nitrogens with zero attached hydrogens (tertiary/aromatic N) is 2. The Hall–Kier alpha value is -1.30. The fraction of sp³-hybridized carbons (Fsp3) is 0.667. The van der Waals surface area contributed by atoms with E-state index in [2.05, 4.69) is 29.7 Å². The number of hydrogen-bond acceptors (Lipinski definition) is 5. The van der Waals surface area contributed by atoms with E-state index in [4.69, 9.17) is 9.47 Å². The third-order valence-electron chi connectivity index (χ3n) is 4.62. The average molecular weight is 322 g/mol. The van der Waals surface area contributed by atoms with Crippen LogP contribution in [0.5, 0.6) is 11.5 Å². The Kier molecular flexibility index (Phi) is 6.69. The topological polar surface area (TPSA) is 45.2 Å². The van der Waals surface area contributed by atoms with Crippen molar-refractivity contribution in [3.05, 3.63) is 23.8 Å². The van der Waals surface area contributed by atoms with Gasteiger partial charge in [-0.15, -0.1) is 0 Å². The molecular weight excluding hydrogens is 292 g/mol. The minimum atomic E-state index is 0.240. The highest BCUT2D eigenvalue weighted by Gasteiger charge is 2.28. The number of hydrogen-bond donors (Lipinski definition) is 1. The largest absolute Gasteiger partial charge is 0.497 e. The van der Waals surface area contributed by atoms with Gasteiger partial charge in [0.15, 0.2) is 0 Å². The Labute approximate surface area is 139 Å². The van der Waals surface area contributed by atoms with Crippen LogP contribution in [0.4, 0.5) is 0 Å². The van der Waals surface area contributed by atoms with Crippen LogP contribution in [0.3, 0.4) is 0 Å². The van der Waals surface area contributed by atoms with E-state index >= 15 is 0 Å². The second-order valence-electron chi connectivity index (χ2n) is 6.41. The lowest BCUT2D eigenvalue weighted by Gasteiger charge is -2.43. The molecular formula is C18H30N2O3. The second-order valence-corrected chi connectivity index (χ2v) is 6.41. The average Bonchev–Trinajstić information content (AvgIpc) is 2.55. The molecule has 1 aromatic carbocycles. The van der Waals surface area contributed by atoms with E-state index in [0.29, 0.717) is 12.1 Å². The van der Waals surface area contributed by atoms with Crippen molar-refractivity contribution in [1.82, 2.24) is 9.80 Å². The van der Waals surface area contributed by atoms with Crippen molar-refractivity contribution in [2.24, 2.45) is 0 Å². The lowest BCUT2D eigenvalue weighted by atomic mass is 10.1. The van der Waals surface area contributed by atoms with Gasteiger partial charge in [-0.2, -0.15) is 0 Å². The fourth-order valence-corrected chi connectivity index (χ4v) is 3.41. The maximum atomic E-state index is 9.36. The summed E-state index contributed by atoms with van der Waals surface area (Å²) in [5, 5.41) is 9.36. The van der Waals surface area contributed by atoms with Gasteiger partial charge in [-0.25, -0.2) is 0 Å². The minimum absolute atomic E-state index is 0.240. The van der Waals surface area contributed by atoms with Gasteiger partial charge in [-0.1, -0.05) is 0 Å². The van der Waals surface area contributed by atoms with Crippen molar-refractivity contribution in [2.45, 2.75) is 38.9 Å². The van der Waals surface area contributed by atoms with E-state index in [1.165, 1.54) is 0 Å². The number of rotatable bonds is 7. The molecule has 23 heavy (non-hydrogen) atoms. The monoisotopic (exact) mass is 322 g/mol. The second kappa shape index (κ2) is 8.52. The lowest BCUT2D eigenvalue weighted by molar-refractivity contribution is 0.0346. The Balaban J connectivity index is 2.08. The summed E-state index contributed by atoms with van der Waals surface area (Å²) in [6, 6.07) is 6.86. The first kappa shape index (κ1) is 18.0. The summed E-state index contributed by atoms with van der Waals surface area (Å²) >= 11 is 0. The van der Waals surface area contributed by atoms with Crippen LogP contribution in [0.25, 0.3) is 0 Å². The Morgan fingerprint density at radius 1 is 1.22 bits per heavy atom. The highest BCUT2D eigenvalue weighted by atomic mass is 16.5. The van der Waals surface area contributed by atoms with Gasteiger partial charge in [-0.05, 0) is 38.5 Å². The molecule has 1 N–H and O–H groups in total. The van der Waals surface area contributed by atoms with Crippen LogP contribution in [-0.4, -0.2) is 67.5 Å². The zero-order valence-corrected chi connectivity index (χ0v) is 14.8. The first-order valence-corrected chi connectivity index (χ1v) is 8.39. The van der Waals surface area contributed by atoms with Gasteiger partial charge in [0, 0.05) is 50.4 Å². The number of methoxy groups -OCH3 is 2. The minimum Gasteiger partial charge on any atom is -0.497 e. The van der Waals surface area contributed by atoms with Crippen LogP contribution >= 0.6 is 0 Å². The van der Waals surface area contributed by atoms with E-state index in [9.17, 15) is 5.11 Å². The van der Waals surface area contributed by atoms with Gasteiger partial charge in [0.05, 0.1) is 14.2 Å². The molecule has 130 valence electrons. The Morgan fingerprint density at radius 3 is 2.61 bits per heavy atom. The van der Waals surface area contributed by atoms with E-state index in [1.807, 2.05) is 12.1 Å². The van der Waals surface area contributed by atoms with Gasteiger partial charge >= 0.3 is 0 Å². The molecule has 1 aromatic rings. The molecule has 0 amide bonds. The van der Waals surface area contributed by atoms with Gasteiger partial charge in [0.25, 0.3) is 0 Å². The number of benzene rings is 1. The molecule has 1 aliphatic rings. The molecule has 0 bridgehead atoms. The first-order valence-electron chi connectivity index (χ1n) is 8.39. The van der Waals surface area contributed by atoms with Crippen LogP contribution in [0.2, 0.25) is 0 Å². The number of aliphatic hydroxyl groups is 1. The first-order chi connectivity index (χ1) is 11.1. The number of piperazine rings is 1. The molecule has 0 spiro atoms.